The van der Waals surface area contributed by atoms with Gasteiger partial charge in [0.1, 0.15) is 5.75 Å². The van der Waals surface area contributed by atoms with Crippen molar-refractivity contribution in [2.45, 2.75) is 82.8 Å². The minimum Gasteiger partial charge on any atom is -0.490 e. The second-order valence-corrected chi connectivity index (χ2v) is 18.4. The van der Waals surface area contributed by atoms with Crippen LogP contribution >= 0.6 is 11.6 Å². The van der Waals surface area contributed by atoms with Crippen molar-refractivity contribution in [1.82, 2.24) is 14.5 Å². The van der Waals surface area contributed by atoms with Gasteiger partial charge in [-0.25, -0.2) is 13.1 Å². The van der Waals surface area contributed by atoms with Gasteiger partial charge >= 0.3 is 0 Å². The van der Waals surface area contributed by atoms with E-state index in [9.17, 15) is 18.0 Å². The number of hydrogen-bond donors (Lipinski definition) is 1. The molecule has 2 fully saturated rings. The van der Waals surface area contributed by atoms with Crippen LogP contribution in [0.15, 0.2) is 36.4 Å². The molecule has 6 atom stereocenters. The predicted molar refractivity (Wildman–Crippen MR) is 197 cm³/mol. The van der Waals surface area contributed by atoms with E-state index in [1.165, 1.54) is 17.5 Å². The highest BCUT2D eigenvalue weighted by Crippen LogP contribution is 2.48. The summed E-state index contributed by atoms with van der Waals surface area (Å²) in [4.78, 5) is 32.6. The molecule has 7 rings (SSSR count). The largest absolute Gasteiger partial charge is 0.490 e. The highest BCUT2D eigenvalue weighted by Gasteiger charge is 2.45. The molecule has 9 nitrogen and oxygen atoms in total. The first-order valence-corrected chi connectivity index (χ1v) is 20.7. The van der Waals surface area contributed by atoms with Gasteiger partial charge in [-0.2, -0.15) is 0 Å². The Bertz CT molecular complexity index is 1710. The zero-order valence-electron chi connectivity index (χ0n) is 29.8. The fourth-order valence-electron chi connectivity index (χ4n) is 9.52. The van der Waals surface area contributed by atoms with Crippen LogP contribution in [0.4, 0.5) is 5.69 Å². The van der Waals surface area contributed by atoms with Gasteiger partial charge < -0.3 is 14.5 Å². The summed E-state index contributed by atoms with van der Waals surface area (Å²) in [6.45, 7) is 11.9. The van der Waals surface area contributed by atoms with Crippen LogP contribution < -0.4 is 14.4 Å². The quantitative estimate of drug-likeness (QED) is 0.413. The monoisotopic (exact) mass is 724 g/mol. The number of ether oxygens (including phenoxy) is 1. The number of carbonyl (C=O) groups excluding carboxylic acids is 2. The number of piperazine rings is 1. The van der Waals surface area contributed by atoms with E-state index in [4.69, 9.17) is 16.3 Å². The minimum atomic E-state index is -3.89. The molecular weight excluding hydrogens is 672 g/mol. The number of carbonyl (C=O) groups is 2. The average molecular weight is 725 g/mol. The third-order valence-electron chi connectivity index (χ3n) is 12.9. The highest BCUT2D eigenvalue weighted by molar-refractivity contribution is 7.90. The molecule has 3 aliphatic heterocycles. The van der Waals surface area contributed by atoms with Crippen molar-refractivity contribution >= 4 is 39.1 Å². The van der Waals surface area contributed by atoms with E-state index in [2.05, 4.69) is 26.7 Å². The summed E-state index contributed by atoms with van der Waals surface area (Å²) in [5.74, 6) is 1.74. The van der Waals surface area contributed by atoms with Crippen molar-refractivity contribution in [2.24, 2.45) is 23.7 Å². The van der Waals surface area contributed by atoms with Crippen molar-refractivity contribution in [1.29, 1.82) is 0 Å². The molecule has 3 heterocycles. The average Bonchev–Trinajstić information content (AvgIpc) is 3.22. The van der Waals surface area contributed by atoms with Crippen molar-refractivity contribution in [3.05, 3.63) is 58.1 Å². The van der Waals surface area contributed by atoms with Crippen LogP contribution in [0.5, 0.6) is 5.75 Å². The lowest BCUT2D eigenvalue weighted by atomic mass is 9.65. The third-order valence-corrected chi connectivity index (χ3v) is 15.1. The number of rotatable bonds is 2. The number of anilines is 1. The molecule has 5 aliphatic rings. The first kappa shape index (κ1) is 35.6. The van der Waals surface area contributed by atoms with Crippen molar-refractivity contribution in [2.75, 3.05) is 57.3 Å². The second kappa shape index (κ2) is 14.3. The molecule has 11 heteroatoms. The van der Waals surface area contributed by atoms with Crippen LogP contribution in [0.25, 0.3) is 0 Å². The fourth-order valence-corrected chi connectivity index (χ4v) is 11.0. The van der Waals surface area contributed by atoms with E-state index >= 15 is 0 Å². The molecule has 50 heavy (non-hydrogen) atoms. The zero-order chi connectivity index (χ0) is 35.2. The number of nitrogens with one attached hydrogen (secondary N) is 1. The SMILES string of the molecule is CC(=O)N1CCN(C[C@H]2CCC[C@H](C)[C@@H](C)S(=O)(=O)NC(=O)c3ccc4c(c3)N(C[C@@H]3CC[C@@H]23)C[C@@]2(CCCc3cc(Cl)ccc32)CO4)CC1. The van der Waals surface area contributed by atoms with Gasteiger partial charge in [0.25, 0.3) is 5.91 Å². The van der Waals surface area contributed by atoms with Crippen molar-refractivity contribution in [3.63, 3.8) is 0 Å². The van der Waals surface area contributed by atoms with Crippen LogP contribution in [-0.2, 0) is 26.7 Å². The maximum atomic E-state index is 13.6. The molecule has 0 aromatic heterocycles. The zero-order valence-corrected chi connectivity index (χ0v) is 31.4. The van der Waals surface area contributed by atoms with Gasteiger partial charge in [-0.15, -0.1) is 0 Å². The fraction of sp³-hybridized carbons (Fsp3) is 0.641. The number of sulfonamides is 1. The van der Waals surface area contributed by atoms with Crippen molar-refractivity contribution in [3.8, 4) is 5.75 Å². The van der Waals surface area contributed by atoms with E-state index in [-0.39, 0.29) is 17.2 Å². The van der Waals surface area contributed by atoms with E-state index in [1.807, 2.05) is 30.0 Å². The van der Waals surface area contributed by atoms with Gasteiger partial charge in [-0.1, -0.05) is 31.0 Å². The minimum absolute atomic E-state index is 0.0921. The molecule has 0 radical (unpaired) electrons. The first-order chi connectivity index (χ1) is 23.9. The Kier molecular flexibility index (Phi) is 10.2. The normalized spacial score (nSPS) is 31.8. The Morgan fingerprint density at radius 1 is 1.02 bits per heavy atom. The van der Waals surface area contributed by atoms with Crippen LogP contribution in [0.1, 0.15) is 87.2 Å². The Morgan fingerprint density at radius 2 is 1.82 bits per heavy atom. The lowest BCUT2D eigenvalue weighted by molar-refractivity contribution is -0.130. The molecule has 2 aromatic rings. The predicted octanol–water partition coefficient (Wildman–Crippen LogP) is 5.89. The Labute approximate surface area is 303 Å². The van der Waals surface area contributed by atoms with E-state index < -0.39 is 21.2 Å². The number of nitrogens with zero attached hydrogens (tertiary/aromatic N) is 3. The van der Waals surface area contributed by atoms with E-state index in [1.54, 1.807) is 19.9 Å². The number of amides is 2. The summed E-state index contributed by atoms with van der Waals surface area (Å²) in [5.41, 5.74) is 3.54. The molecular formula is C39H53ClN4O5S. The van der Waals surface area contributed by atoms with Crippen LogP contribution in [0.2, 0.25) is 5.02 Å². The summed E-state index contributed by atoms with van der Waals surface area (Å²) in [7, 11) is -3.89. The third kappa shape index (κ3) is 7.13. The molecule has 1 N–H and O–H groups in total. The number of aryl methyl sites for hydroxylation is 1. The Hall–Kier alpha value is -2.82. The van der Waals surface area contributed by atoms with Gasteiger partial charge in [-0.05, 0) is 117 Å². The molecule has 0 unspecified atom stereocenters. The molecule has 2 aliphatic carbocycles. The summed E-state index contributed by atoms with van der Waals surface area (Å²) in [6, 6.07) is 11.7. The van der Waals surface area contributed by atoms with Crippen LogP contribution in [0.3, 0.4) is 0 Å². The summed E-state index contributed by atoms with van der Waals surface area (Å²) >= 11 is 6.48. The standard InChI is InChI=1S/C39H53ClN4O5S/c1-26-6-4-7-31(22-42-16-18-43(19-17-42)28(3)45)34-12-9-32(34)23-44-24-39(15-5-8-29-20-33(40)11-13-35(29)39)25-49-37-14-10-30(21-36(37)44)38(46)41-50(47,48)27(26)2/h10-11,13-14,20-21,26-27,31-32,34H,4-9,12,15-19,22-25H2,1-3H3,(H,41,46)/t26-,27+,31+,32-,34-,39-/m0/s1. The van der Waals surface area contributed by atoms with Crippen LogP contribution in [-0.4, -0.2) is 87.7 Å². The summed E-state index contributed by atoms with van der Waals surface area (Å²) in [5, 5.41) is 0.0540. The highest BCUT2D eigenvalue weighted by atomic mass is 35.5. The molecule has 2 aromatic carbocycles. The second-order valence-electron chi connectivity index (χ2n) is 15.9. The molecule has 1 spiro atoms. The van der Waals surface area contributed by atoms with Gasteiger partial charge in [0.2, 0.25) is 15.9 Å². The van der Waals surface area contributed by atoms with Crippen LogP contribution in [0, 0.1) is 23.7 Å². The number of hydrogen-bond acceptors (Lipinski definition) is 7. The van der Waals surface area contributed by atoms with Gasteiger partial charge in [0.15, 0.2) is 0 Å². The first-order valence-electron chi connectivity index (χ1n) is 18.8. The van der Waals surface area contributed by atoms with Gasteiger partial charge in [0, 0.05) is 68.7 Å². The lowest BCUT2D eigenvalue weighted by Gasteiger charge is -2.48. The molecule has 1 saturated heterocycles. The van der Waals surface area contributed by atoms with E-state index in [0.717, 1.165) is 107 Å². The van der Waals surface area contributed by atoms with Gasteiger partial charge in [-0.3, -0.25) is 14.5 Å². The maximum Gasteiger partial charge on any atom is 0.264 e. The molecule has 272 valence electrons. The lowest BCUT2D eigenvalue weighted by Crippen LogP contribution is -2.52. The maximum absolute atomic E-state index is 13.6. The number of halogens is 1. The summed E-state index contributed by atoms with van der Waals surface area (Å²) < 4.78 is 36.1. The molecule has 2 bridgehead atoms. The topological polar surface area (TPSA) is 99.3 Å². The molecule has 2 amide bonds. The Morgan fingerprint density at radius 3 is 2.56 bits per heavy atom. The smallest absolute Gasteiger partial charge is 0.264 e. The van der Waals surface area contributed by atoms with Crippen molar-refractivity contribution < 1.29 is 22.7 Å². The number of benzene rings is 2. The van der Waals surface area contributed by atoms with E-state index in [0.29, 0.717) is 29.9 Å². The van der Waals surface area contributed by atoms with Gasteiger partial charge in [0.05, 0.1) is 17.5 Å². The molecule has 1 saturated carbocycles. The number of fused-ring (bicyclic) bond motifs is 4. The summed E-state index contributed by atoms with van der Waals surface area (Å²) in [6.07, 6.45) is 8.17. The Balaban J connectivity index is 1.24.